The third kappa shape index (κ3) is 6.49. The van der Waals surface area contributed by atoms with Crippen molar-refractivity contribution in [2.75, 3.05) is 5.23 Å². The van der Waals surface area contributed by atoms with Crippen molar-refractivity contribution in [3.63, 3.8) is 0 Å². The number of sulfonamides is 1. The van der Waals surface area contributed by atoms with Gasteiger partial charge in [-0.15, -0.1) is 0 Å². The normalized spacial score (nSPS) is 13.4. The number of benzene rings is 2. The highest BCUT2D eigenvalue weighted by Gasteiger charge is 2.36. The van der Waals surface area contributed by atoms with Crippen LogP contribution in [-0.4, -0.2) is 37.6 Å². The van der Waals surface area contributed by atoms with Gasteiger partial charge < -0.3 is 20.5 Å². The molecule has 3 N–H and O–H groups in total. The summed E-state index contributed by atoms with van der Waals surface area (Å²) in [4.78, 5) is 24.1. The standard InChI is InChI=1S/C20H24N3O7S/c1-13(2)30-20(25)19(18(21-14(3)24)15-9-5-4-6-10-15)22-31(28,29)17-12-8-7-11-16(17)23(26)27/h4-13,18-19,22,26H,1-3H3,(H,21,24)/q-1. The molecule has 0 aromatic heterocycles. The van der Waals surface area contributed by atoms with Crippen molar-refractivity contribution in [2.24, 2.45) is 0 Å². The second kappa shape index (κ2) is 10.4. The maximum atomic E-state index is 13.1. The first-order valence-corrected chi connectivity index (χ1v) is 10.8. The third-order valence-electron chi connectivity index (χ3n) is 4.10. The zero-order chi connectivity index (χ0) is 23.2. The molecule has 0 saturated carbocycles. The summed E-state index contributed by atoms with van der Waals surface area (Å²) in [6, 6.07) is 10.5. The monoisotopic (exact) mass is 450 g/mol. The topological polar surface area (TPSA) is 148 Å². The van der Waals surface area contributed by atoms with Gasteiger partial charge in [-0.2, -0.15) is 4.72 Å². The number of nitrogens with one attached hydrogen (secondary N) is 2. The van der Waals surface area contributed by atoms with Crippen LogP contribution in [0, 0.1) is 5.21 Å². The van der Waals surface area contributed by atoms with Gasteiger partial charge >= 0.3 is 5.97 Å². The minimum absolute atomic E-state index is 0.451. The van der Waals surface area contributed by atoms with E-state index in [9.17, 15) is 28.4 Å². The largest absolute Gasteiger partial charge is 0.733 e. The molecule has 31 heavy (non-hydrogen) atoms. The van der Waals surface area contributed by atoms with Gasteiger partial charge in [-0.3, -0.25) is 14.8 Å². The molecule has 168 valence electrons. The molecule has 2 atom stereocenters. The predicted octanol–water partition coefficient (Wildman–Crippen LogP) is 1.86. The van der Waals surface area contributed by atoms with Crippen LogP contribution in [0.1, 0.15) is 32.4 Å². The first-order chi connectivity index (χ1) is 14.5. The molecule has 1 amide bonds. The van der Waals surface area contributed by atoms with Gasteiger partial charge in [0.15, 0.2) is 0 Å². The summed E-state index contributed by atoms with van der Waals surface area (Å²) < 4.78 is 33.6. The summed E-state index contributed by atoms with van der Waals surface area (Å²) in [5.41, 5.74) is -0.0891. The Hall–Kier alpha value is -2.99. The molecule has 0 spiro atoms. The quantitative estimate of drug-likeness (QED) is 0.387. The Balaban J connectivity index is 2.55. The van der Waals surface area contributed by atoms with Gasteiger partial charge in [0.1, 0.15) is 10.9 Å². The lowest BCUT2D eigenvalue weighted by Crippen LogP contribution is -2.51. The predicted molar refractivity (Wildman–Crippen MR) is 112 cm³/mol. The van der Waals surface area contributed by atoms with Crippen LogP contribution in [0.25, 0.3) is 0 Å². The minimum Gasteiger partial charge on any atom is -0.733 e. The smallest absolute Gasteiger partial charge is 0.326 e. The Morgan fingerprint density at radius 3 is 2.19 bits per heavy atom. The first-order valence-electron chi connectivity index (χ1n) is 9.33. The summed E-state index contributed by atoms with van der Waals surface area (Å²) >= 11 is 0. The van der Waals surface area contributed by atoms with Gasteiger partial charge in [-0.05, 0) is 31.5 Å². The number of anilines is 1. The van der Waals surface area contributed by atoms with Crippen LogP contribution in [0.4, 0.5) is 5.69 Å². The van der Waals surface area contributed by atoms with Gasteiger partial charge in [0.25, 0.3) is 0 Å². The van der Waals surface area contributed by atoms with Gasteiger partial charge in [-0.25, -0.2) is 8.42 Å². The van der Waals surface area contributed by atoms with Crippen molar-refractivity contribution < 1.29 is 28.0 Å². The molecule has 0 aliphatic heterocycles. The summed E-state index contributed by atoms with van der Waals surface area (Å²) in [6.07, 6.45) is -0.560. The van der Waals surface area contributed by atoms with E-state index < -0.39 is 55.9 Å². The highest BCUT2D eigenvalue weighted by molar-refractivity contribution is 7.89. The zero-order valence-corrected chi connectivity index (χ0v) is 18.0. The maximum Gasteiger partial charge on any atom is 0.326 e. The number of rotatable bonds is 9. The lowest BCUT2D eigenvalue weighted by atomic mass is 10.00. The van der Waals surface area contributed by atoms with E-state index >= 15 is 0 Å². The van der Waals surface area contributed by atoms with Crippen molar-refractivity contribution in [1.82, 2.24) is 10.0 Å². The first kappa shape index (κ1) is 24.3. The van der Waals surface area contributed by atoms with E-state index in [1.165, 1.54) is 19.1 Å². The summed E-state index contributed by atoms with van der Waals surface area (Å²) in [5, 5.41) is 22.7. The van der Waals surface area contributed by atoms with Gasteiger partial charge in [-0.1, -0.05) is 42.5 Å². The van der Waals surface area contributed by atoms with E-state index in [1.54, 1.807) is 44.2 Å². The molecular weight excluding hydrogens is 426 g/mol. The Bertz CT molecular complexity index is 1010. The number of carbonyl (C=O) groups excluding carboxylic acids is 2. The van der Waals surface area contributed by atoms with Crippen LogP contribution in [0.5, 0.6) is 0 Å². The van der Waals surface area contributed by atoms with Crippen molar-refractivity contribution in [3.8, 4) is 0 Å². The number of ether oxygens (including phenoxy) is 1. The molecule has 0 saturated heterocycles. The number of carbonyl (C=O) groups is 2. The lowest BCUT2D eigenvalue weighted by Gasteiger charge is -2.29. The highest BCUT2D eigenvalue weighted by atomic mass is 32.2. The highest BCUT2D eigenvalue weighted by Crippen LogP contribution is 2.26. The molecule has 2 rings (SSSR count). The number of hydrogen-bond acceptors (Lipinski definition) is 8. The fourth-order valence-corrected chi connectivity index (χ4v) is 4.24. The molecule has 0 fully saturated rings. The summed E-state index contributed by atoms with van der Waals surface area (Å²) in [7, 11) is -4.51. The average molecular weight is 450 g/mol. The van der Waals surface area contributed by atoms with E-state index in [4.69, 9.17) is 4.74 Å². The van der Waals surface area contributed by atoms with Gasteiger partial charge in [0, 0.05) is 6.92 Å². The Labute approximate surface area is 180 Å². The van der Waals surface area contributed by atoms with Crippen LogP contribution in [0.15, 0.2) is 59.5 Å². The molecule has 0 aliphatic rings. The Morgan fingerprint density at radius 2 is 1.65 bits per heavy atom. The van der Waals surface area contributed by atoms with Crippen molar-refractivity contribution >= 4 is 27.6 Å². The average Bonchev–Trinajstić information content (AvgIpc) is 2.70. The van der Waals surface area contributed by atoms with Crippen LogP contribution in [0.2, 0.25) is 0 Å². The fraction of sp³-hybridized carbons (Fsp3) is 0.300. The fourth-order valence-electron chi connectivity index (χ4n) is 2.87. The molecule has 0 aliphatic carbocycles. The second-order valence-corrected chi connectivity index (χ2v) is 8.60. The molecular formula is C20H24N3O7S-. The van der Waals surface area contributed by atoms with Gasteiger partial charge in [0.2, 0.25) is 15.9 Å². The number of amides is 1. The van der Waals surface area contributed by atoms with E-state index in [0.29, 0.717) is 5.56 Å². The Kier molecular flexibility index (Phi) is 8.11. The van der Waals surface area contributed by atoms with Gasteiger partial charge in [0.05, 0.1) is 17.8 Å². The van der Waals surface area contributed by atoms with E-state index in [2.05, 4.69) is 10.0 Å². The van der Waals surface area contributed by atoms with E-state index in [0.717, 1.165) is 12.1 Å². The molecule has 2 aromatic carbocycles. The number of nitrogens with zero attached hydrogens (tertiary/aromatic N) is 1. The molecule has 2 unspecified atom stereocenters. The lowest BCUT2D eigenvalue weighted by molar-refractivity contribution is -0.150. The minimum atomic E-state index is -4.51. The Morgan fingerprint density at radius 1 is 1.06 bits per heavy atom. The van der Waals surface area contributed by atoms with Crippen molar-refractivity contribution in [2.45, 2.75) is 43.9 Å². The van der Waals surface area contributed by atoms with Crippen LogP contribution in [-0.2, 0) is 24.3 Å². The molecule has 11 heteroatoms. The van der Waals surface area contributed by atoms with Crippen molar-refractivity contribution in [1.29, 1.82) is 0 Å². The zero-order valence-electron chi connectivity index (χ0n) is 17.2. The molecule has 0 heterocycles. The summed E-state index contributed by atoms with van der Waals surface area (Å²) in [5.74, 6) is -1.43. The second-order valence-electron chi connectivity index (χ2n) is 6.91. The number of hydrogen-bond donors (Lipinski definition) is 3. The maximum absolute atomic E-state index is 13.1. The van der Waals surface area contributed by atoms with Crippen LogP contribution < -0.4 is 15.3 Å². The summed E-state index contributed by atoms with van der Waals surface area (Å²) in [6.45, 7) is 4.41. The van der Waals surface area contributed by atoms with E-state index in [-0.39, 0.29) is 0 Å². The molecule has 0 radical (unpaired) electrons. The molecule has 0 bridgehead atoms. The SMILES string of the molecule is CC(=O)NC(c1ccccc1)C(NS(=O)(=O)c1ccccc1N([O-])O)C(=O)OC(C)C. The van der Waals surface area contributed by atoms with Crippen LogP contribution >= 0.6 is 0 Å². The molecule has 2 aromatic rings. The van der Waals surface area contributed by atoms with Crippen LogP contribution in [0.3, 0.4) is 0 Å². The number of esters is 1. The van der Waals surface area contributed by atoms with Crippen molar-refractivity contribution in [3.05, 3.63) is 65.4 Å². The number of para-hydroxylation sites is 1. The third-order valence-corrected chi connectivity index (χ3v) is 5.59. The van der Waals surface area contributed by atoms with E-state index in [1.807, 2.05) is 0 Å². The molecule has 10 nitrogen and oxygen atoms in total.